The van der Waals surface area contributed by atoms with Gasteiger partial charge >= 0.3 is 0 Å². The van der Waals surface area contributed by atoms with Crippen molar-refractivity contribution in [1.29, 1.82) is 0 Å². The molecule has 2 aromatic rings. The van der Waals surface area contributed by atoms with E-state index < -0.39 is 0 Å². The van der Waals surface area contributed by atoms with Gasteiger partial charge in [0.2, 0.25) is 0 Å². The molecule has 0 atom stereocenters. The molecule has 0 spiro atoms. The Bertz CT molecular complexity index is 568. The summed E-state index contributed by atoms with van der Waals surface area (Å²) in [5, 5.41) is 2.38. The maximum absolute atomic E-state index is 5.38. The summed E-state index contributed by atoms with van der Waals surface area (Å²) >= 11 is 8.63. The molecule has 0 aromatic heterocycles. The van der Waals surface area contributed by atoms with Crippen molar-refractivity contribution >= 4 is 69.0 Å². The van der Waals surface area contributed by atoms with Gasteiger partial charge in [0.05, 0.1) is 13.2 Å². The first kappa shape index (κ1) is 14.7. The Morgan fingerprint density at radius 3 is 2.44 bits per heavy atom. The van der Waals surface area contributed by atoms with Gasteiger partial charge in [-0.05, 0) is 52.6 Å². The number of aryl methyl sites for hydroxylation is 1. The maximum Gasteiger partial charge on any atom is 0.192 e. The second-order valence-corrected chi connectivity index (χ2v) is 5.97. The number of fused-ring (bicyclic) bond motifs is 1. The van der Waals surface area contributed by atoms with Gasteiger partial charge in [-0.2, -0.15) is 0 Å². The lowest BCUT2D eigenvalue weighted by Crippen LogP contribution is -1.87. The molecule has 0 saturated carbocycles. The van der Waals surface area contributed by atoms with Crippen LogP contribution in [0.4, 0.5) is 0 Å². The van der Waals surface area contributed by atoms with E-state index in [9.17, 15) is 0 Å². The van der Waals surface area contributed by atoms with Crippen LogP contribution in [0.15, 0.2) is 29.2 Å². The molecule has 0 radical (unpaired) electrons. The third kappa shape index (κ3) is 3.43. The molecule has 5 heteroatoms. The van der Waals surface area contributed by atoms with Crippen molar-refractivity contribution in [2.75, 3.05) is 13.2 Å². The number of rotatable bonds is 1. The van der Waals surface area contributed by atoms with E-state index in [1.807, 2.05) is 29.1 Å². The van der Waals surface area contributed by atoms with Crippen molar-refractivity contribution in [3.05, 3.63) is 33.4 Å². The van der Waals surface area contributed by atoms with Gasteiger partial charge in [0.25, 0.3) is 0 Å². The highest BCUT2D eigenvalue weighted by Gasteiger charge is 2.10. The third-order valence-electron chi connectivity index (χ3n) is 2.56. The van der Waals surface area contributed by atoms with Crippen LogP contribution in [0.25, 0.3) is 10.8 Å². The Balaban J connectivity index is 0.000000350. The summed E-state index contributed by atoms with van der Waals surface area (Å²) in [4.78, 5) is 0.875. The lowest BCUT2D eigenvalue weighted by Gasteiger charge is -2.10. The quantitative estimate of drug-likeness (QED) is 0.356. The van der Waals surface area contributed by atoms with E-state index >= 15 is 0 Å². The molecular weight excluding hydrogens is 474 g/mol. The van der Waals surface area contributed by atoms with Crippen LogP contribution < -0.4 is 3.07 Å². The Hall–Kier alpha value is 0.270. The van der Waals surface area contributed by atoms with Crippen LogP contribution in [0.2, 0.25) is 0 Å². The predicted octanol–water partition coefficient (Wildman–Crippen LogP) is 4.79. The number of ether oxygens (including phenoxy) is 1. The fraction of sp³-hybridized carbons (Fsp3) is 0.231. The topological polar surface area (TPSA) is 21.8 Å². The minimum Gasteiger partial charge on any atom is -0.426 e. The van der Waals surface area contributed by atoms with Crippen LogP contribution >= 0.6 is 58.2 Å². The lowest BCUT2D eigenvalue weighted by atomic mass is 10.1. The van der Waals surface area contributed by atoms with Crippen LogP contribution in [-0.2, 0) is 4.74 Å². The zero-order valence-electron chi connectivity index (χ0n) is 9.74. The van der Waals surface area contributed by atoms with Gasteiger partial charge in [-0.3, -0.25) is 0 Å². The minimum absolute atomic E-state index is 0.851. The molecule has 0 unspecified atom stereocenters. The molecule has 18 heavy (non-hydrogen) atoms. The van der Waals surface area contributed by atoms with Crippen molar-refractivity contribution in [1.82, 2.24) is 0 Å². The highest BCUT2D eigenvalue weighted by atomic mass is 127. The second kappa shape index (κ2) is 6.62. The highest BCUT2D eigenvalue weighted by Crippen LogP contribution is 2.37. The average molecular weight is 486 g/mol. The van der Waals surface area contributed by atoms with Gasteiger partial charge in [0.15, 0.2) is 28.8 Å². The Labute approximate surface area is 140 Å². The lowest BCUT2D eigenvalue weighted by molar-refractivity contribution is 0.475. The van der Waals surface area contributed by atoms with Crippen LogP contribution in [0.5, 0.6) is 5.75 Å². The second-order valence-electron chi connectivity index (χ2n) is 3.89. The molecule has 0 amide bonds. The minimum atomic E-state index is 0.851. The number of thiol groups is 1. The zero-order chi connectivity index (χ0) is 13.1. The van der Waals surface area contributed by atoms with E-state index in [0.717, 1.165) is 29.2 Å². The molecule has 1 aliphatic heterocycles. The van der Waals surface area contributed by atoms with Crippen molar-refractivity contribution in [2.24, 2.45) is 0 Å². The van der Waals surface area contributed by atoms with Gasteiger partial charge in [-0.25, -0.2) is 0 Å². The van der Waals surface area contributed by atoms with Crippen molar-refractivity contribution in [2.45, 2.75) is 11.8 Å². The molecule has 1 saturated heterocycles. The number of hydrogen-bond acceptors (Lipinski definition) is 3. The van der Waals surface area contributed by atoms with Crippen LogP contribution in [0, 0.1) is 10.5 Å². The molecule has 0 bridgehead atoms. The predicted molar refractivity (Wildman–Crippen MR) is 94.1 cm³/mol. The monoisotopic (exact) mass is 486 g/mol. The first-order chi connectivity index (χ1) is 8.65. The molecule has 1 aliphatic rings. The highest BCUT2D eigenvalue weighted by molar-refractivity contribution is 14.1. The van der Waals surface area contributed by atoms with Gasteiger partial charge in [-0.1, -0.05) is 12.1 Å². The van der Waals surface area contributed by atoms with E-state index in [0.29, 0.717) is 0 Å². The molecule has 2 nitrogen and oxygen atoms in total. The number of benzene rings is 2. The fourth-order valence-electron chi connectivity index (χ4n) is 1.59. The summed E-state index contributed by atoms with van der Waals surface area (Å²) in [6.07, 6.45) is 0. The Kier molecular flexibility index (Phi) is 5.40. The largest absolute Gasteiger partial charge is 0.426 e. The fourth-order valence-corrected chi connectivity index (χ4v) is 3.17. The van der Waals surface area contributed by atoms with E-state index in [-0.39, 0.29) is 0 Å². The summed E-state index contributed by atoms with van der Waals surface area (Å²) in [7, 11) is 0. The first-order valence-electron chi connectivity index (χ1n) is 5.42. The SMILES string of the molecule is C1CO1.Cc1ccc(I)c2c(OI)c(S)ccc12. The summed E-state index contributed by atoms with van der Waals surface area (Å²) in [6, 6.07) is 8.29. The normalized spacial score (nSPS) is 12.9. The molecule has 96 valence electrons. The van der Waals surface area contributed by atoms with Crippen molar-refractivity contribution in [3.63, 3.8) is 0 Å². The number of epoxide rings is 1. The molecule has 0 aliphatic carbocycles. The van der Waals surface area contributed by atoms with E-state index in [2.05, 4.69) is 65.1 Å². The number of halogens is 2. The van der Waals surface area contributed by atoms with E-state index in [1.165, 1.54) is 14.5 Å². The van der Waals surface area contributed by atoms with E-state index in [4.69, 9.17) is 3.07 Å². The molecule has 1 heterocycles. The summed E-state index contributed by atoms with van der Waals surface area (Å²) in [6.45, 7) is 4.10. The Morgan fingerprint density at radius 1 is 1.22 bits per heavy atom. The van der Waals surface area contributed by atoms with Gasteiger partial charge in [0, 0.05) is 13.9 Å². The van der Waals surface area contributed by atoms with Gasteiger partial charge in [0.1, 0.15) is 0 Å². The van der Waals surface area contributed by atoms with Crippen molar-refractivity contribution in [3.8, 4) is 5.75 Å². The average Bonchev–Trinajstić information content (AvgIpc) is 3.21. The Morgan fingerprint density at radius 2 is 1.89 bits per heavy atom. The zero-order valence-corrected chi connectivity index (χ0v) is 15.0. The summed E-state index contributed by atoms with van der Waals surface area (Å²) in [5.74, 6) is 0.851. The smallest absolute Gasteiger partial charge is 0.192 e. The molecular formula is C13H12I2O2S. The molecule has 1 fully saturated rings. The molecule has 2 aromatic carbocycles. The van der Waals surface area contributed by atoms with Gasteiger partial charge in [-0.15, -0.1) is 12.6 Å². The maximum atomic E-state index is 5.38. The molecule has 3 rings (SSSR count). The standard InChI is InChI=1S/C11H8I2OS.C2H4O/c1-6-2-4-8(12)10-7(6)3-5-9(15)11(10)14-13;1-2-3-1/h2-5,15H,1H3;1-2H2. The summed E-state index contributed by atoms with van der Waals surface area (Å²) in [5.41, 5.74) is 1.26. The van der Waals surface area contributed by atoms with Gasteiger partial charge < -0.3 is 7.80 Å². The summed E-state index contributed by atoms with van der Waals surface area (Å²) < 4.78 is 11.1. The molecule has 0 N–H and O–H groups in total. The van der Waals surface area contributed by atoms with Crippen LogP contribution in [0.3, 0.4) is 0 Å². The van der Waals surface area contributed by atoms with Crippen molar-refractivity contribution < 1.29 is 7.80 Å². The first-order valence-corrected chi connectivity index (χ1v) is 7.83. The number of hydrogen-bond donors (Lipinski definition) is 1. The van der Waals surface area contributed by atoms with Crippen LogP contribution in [-0.4, -0.2) is 13.2 Å². The van der Waals surface area contributed by atoms with E-state index in [1.54, 1.807) is 0 Å². The third-order valence-corrected chi connectivity index (χ3v) is 4.25. The van der Waals surface area contributed by atoms with Crippen LogP contribution in [0.1, 0.15) is 5.56 Å².